The first-order chi connectivity index (χ1) is 14.9. The zero-order valence-electron chi connectivity index (χ0n) is 18.2. The lowest BCUT2D eigenvalue weighted by Gasteiger charge is -2.24. The van der Waals surface area contributed by atoms with Gasteiger partial charge >= 0.3 is 0 Å². The van der Waals surface area contributed by atoms with Gasteiger partial charge in [0.1, 0.15) is 5.82 Å². The highest BCUT2D eigenvalue weighted by atomic mass is 19.1. The van der Waals surface area contributed by atoms with Crippen LogP contribution in [0.3, 0.4) is 0 Å². The van der Waals surface area contributed by atoms with Crippen LogP contribution >= 0.6 is 0 Å². The predicted octanol–water partition coefficient (Wildman–Crippen LogP) is 3.44. The largest absolute Gasteiger partial charge is 0.383 e. The summed E-state index contributed by atoms with van der Waals surface area (Å²) in [5.41, 5.74) is 2.48. The second-order valence-corrected chi connectivity index (χ2v) is 8.71. The molecule has 1 atom stereocenters. The van der Waals surface area contributed by atoms with Crippen molar-refractivity contribution in [2.45, 2.75) is 26.2 Å². The average Bonchev–Trinajstić information content (AvgIpc) is 3.34. The standard InChI is InChI=1S/C25H29FN2O3/c1-18-7-8-19(16-22(18)26)15-20-5-3-4-6-21(20)23(29)28-12-10-25(17-28)9-11-27(24(25)30)13-14-31-2/h3-8,16H,9-15,17H2,1-2H3. The van der Waals surface area contributed by atoms with Gasteiger partial charge in [0.15, 0.2) is 0 Å². The fraction of sp³-hybridized carbons (Fsp3) is 0.440. The summed E-state index contributed by atoms with van der Waals surface area (Å²) in [6.45, 7) is 4.62. The molecular weight excluding hydrogens is 395 g/mol. The number of halogens is 1. The minimum absolute atomic E-state index is 0.0526. The molecule has 164 valence electrons. The number of likely N-dealkylation sites (tertiary alicyclic amines) is 2. The zero-order valence-corrected chi connectivity index (χ0v) is 18.2. The molecule has 2 fully saturated rings. The number of amides is 2. The summed E-state index contributed by atoms with van der Waals surface area (Å²) >= 11 is 0. The Labute approximate surface area is 182 Å². The Morgan fingerprint density at radius 3 is 2.71 bits per heavy atom. The van der Waals surface area contributed by atoms with Crippen molar-refractivity contribution >= 4 is 11.8 Å². The highest BCUT2D eigenvalue weighted by molar-refractivity contribution is 5.97. The third-order valence-corrected chi connectivity index (χ3v) is 6.69. The van der Waals surface area contributed by atoms with Gasteiger partial charge in [-0.3, -0.25) is 9.59 Å². The van der Waals surface area contributed by atoms with E-state index in [1.807, 2.05) is 40.1 Å². The van der Waals surface area contributed by atoms with Gasteiger partial charge in [0.2, 0.25) is 5.91 Å². The third-order valence-electron chi connectivity index (χ3n) is 6.69. The molecule has 0 aromatic heterocycles. The number of carbonyl (C=O) groups excluding carboxylic acids is 2. The maximum atomic E-state index is 14.0. The van der Waals surface area contributed by atoms with Gasteiger partial charge in [-0.1, -0.05) is 30.3 Å². The van der Waals surface area contributed by atoms with E-state index in [9.17, 15) is 14.0 Å². The van der Waals surface area contributed by atoms with Gasteiger partial charge in [-0.05, 0) is 55.0 Å². The lowest BCUT2D eigenvalue weighted by molar-refractivity contribution is -0.135. The molecule has 2 aliphatic rings. The molecule has 1 unspecified atom stereocenters. The summed E-state index contributed by atoms with van der Waals surface area (Å²) in [4.78, 5) is 30.1. The predicted molar refractivity (Wildman–Crippen MR) is 116 cm³/mol. The molecule has 5 nitrogen and oxygen atoms in total. The summed E-state index contributed by atoms with van der Waals surface area (Å²) in [7, 11) is 1.63. The third kappa shape index (κ3) is 4.22. The van der Waals surface area contributed by atoms with Gasteiger partial charge in [0.25, 0.3) is 5.91 Å². The number of rotatable bonds is 6. The van der Waals surface area contributed by atoms with Crippen molar-refractivity contribution in [2.75, 3.05) is 39.9 Å². The Bertz CT molecular complexity index is 992. The first-order valence-corrected chi connectivity index (χ1v) is 10.8. The molecule has 2 heterocycles. The van der Waals surface area contributed by atoms with Crippen molar-refractivity contribution in [3.8, 4) is 0 Å². The second kappa shape index (κ2) is 8.79. The van der Waals surface area contributed by atoms with Crippen molar-refractivity contribution in [3.05, 3.63) is 70.5 Å². The van der Waals surface area contributed by atoms with Crippen LogP contribution in [0.4, 0.5) is 4.39 Å². The van der Waals surface area contributed by atoms with Crippen molar-refractivity contribution in [2.24, 2.45) is 5.41 Å². The summed E-state index contributed by atoms with van der Waals surface area (Å²) in [6, 6.07) is 12.7. The van der Waals surface area contributed by atoms with E-state index in [0.29, 0.717) is 50.2 Å². The Morgan fingerprint density at radius 1 is 1.16 bits per heavy atom. The molecular formula is C25H29FN2O3. The number of methoxy groups -OCH3 is 1. The SMILES string of the molecule is COCCN1CCC2(CCN(C(=O)c3ccccc3Cc3ccc(C)c(F)c3)C2)C1=O. The molecule has 6 heteroatoms. The van der Waals surface area contributed by atoms with Gasteiger partial charge in [0.05, 0.1) is 12.0 Å². The van der Waals surface area contributed by atoms with Crippen LogP contribution in [0.5, 0.6) is 0 Å². The molecule has 0 saturated carbocycles. The lowest BCUT2D eigenvalue weighted by atomic mass is 9.85. The molecule has 2 saturated heterocycles. The molecule has 4 rings (SSSR count). The minimum atomic E-state index is -0.460. The number of ether oxygens (including phenoxy) is 1. The van der Waals surface area contributed by atoms with E-state index in [-0.39, 0.29) is 17.6 Å². The number of nitrogens with zero attached hydrogens (tertiary/aromatic N) is 2. The van der Waals surface area contributed by atoms with Gasteiger partial charge in [-0.2, -0.15) is 0 Å². The molecule has 2 aromatic rings. The molecule has 0 N–H and O–H groups in total. The van der Waals surface area contributed by atoms with Crippen LogP contribution in [0, 0.1) is 18.2 Å². The van der Waals surface area contributed by atoms with E-state index in [1.165, 1.54) is 6.07 Å². The fourth-order valence-corrected chi connectivity index (χ4v) is 4.75. The number of aryl methyl sites for hydroxylation is 1. The maximum absolute atomic E-state index is 14.0. The summed E-state index contributed by atoms with van der Waals surface area (Å²) in [6.07, 6.45) is 1.97. The average molecular weight is 425 g/mol. The van der Waals surface area contributed by atoms with Crippen LogP contribution < -0.4 is 0 Å². The minimum Gasteiger partial charge on any atom is -0.383 e. The van der Waals surface area contributed by atoms with Crippen molar-refractivity contribution < 1.29 is 18.7 Å². The van der Waals surface area contributed by atoms with Crippen LogP contribution in [-0.2, 0) is 16.0 Å². The van der Waals surface area contributed by atoms with Crippen LogP contribution in [0.2, 0.25) is 0 Å². The molecule has 0 bridgehead atoms. The smallest absolute Gasteiger partial charge is 0.254 e. The molecule has 2 amide bonds. The number of hydrogen-bond donors (Lipinski definition) is 0. The van der Waals surface area contributed by atoms with E-state index < -0.39 is 5.41 Å². The van der Waals surface area contributed by atoms with E-state index in [1.54, 1.807) is 20.1 Å². The molecule has 0 aliphatic carbocycles. The van der Waals surface area contributed by atoms with Crippen molar-refractivity contribution in [1.29, 1.82) is 0 Å². The summed E-state index contributed by atoms with van der Waals surface area (Å²) < 4.78 is 19.1. The molecule has 31 heavy (non-hydrogen) atoms. The molecule has 1 spiro atoms. The quantitative estimate of drug-likeness (QED) is 0.714. The molecule has 2 aromatic carbocycles. The molecule has 0 radical (unpaired) electrons. The highest BCUT2D eigenvalue weighted by Crippen LogP contribution is 2.41. The number of carbonyl (C=O) groups is 2. The van der Waals surface area contributed by atoms with Crippen LogP contribution in [0.15, 0.2) is 42.5 Å². The van der Waals surface area contributed by atoms with Crippen LogP contribution in [0.1, 0.15) is 39.9 Å². The van der Waals surface area contributed by atoms with Crippen LogP contribution in [0.25, 0.3) is 0 Å². The van der Waals surface area contributed by atoms with Crippen LogP contribution in [-0.4, -0.2) is 61.5 Å². The topological polar surface area (TPSA) is 49.9 Å². The summed E-state index contributed by atoms with van der Waals surface area (Å²) in [5.74, 6) is -0.146. The Balaban J connectivity index is 1.49. The van der Waals surface area contributed by atoms with E-state index >= 15 is 0 Å². The highest BCUT2D eigenvalue weighted by Gasteiger charge is 2.51. The second-order valence-electron chi connectivity index (χ2n) is 8.71. The van der Waals surface area contributed by atoms with Gasteiger partial charge in [-0.25, -0.2) is 4.39 Å². The zero-order chi connectivity index (χ0) is 22.0. The Kier molecular flexibility index (Phi) is 6.10. The van der Waals surface area contributed by atoms with Gasteiger partial charge in [0, 0.05) is 38.9 Å². The van der Waals surface area contributed by atoms with Gasteiger partial charge in [-0.15, -0.1) is 0 Å². The van der Waals surface area contributed by atoms with Gasteiger partial charge < -0.3 is 14.5 Å². The van der Waals surface area contributed by atoms with Crippen molar-refractivity contribution in [1.82, 2.24) is 9.80 Å². The Hall–Kier alpha value is -2.73. The maximum Gasteiger partial charge on any atom is 0.254 e. The van der Waals surface area contributed by atoms with E-state index in [4.69, 9.17) is 4.74 Å². The first-order valence-electron chi connectivity index (χ1n) is 10.8. The summed E-state index contributed by atoms with van der Waals surface area (Å²) in [5, 5.41) is 0. The van der Waals surface area contributed by atoms with E-state index in [0.717, 1.165) is 24.1 Å². The molecule has 2 aliphatic heterocycles. The number of benzene rings is 2. The number of hydrogen-bond acceptors (Lipinski definition) is 3. The lowest BCUT2D eigenvalue weighted by Crippen LogP contribution is -2.39. The monoisotopic (exact) mass is 424 g/mol. The fourth-order valence-electron chi connectivity index (χ4n) is 4.75. The normalized spacial score (nSPS) is 20.8. The van der Waals surface area contributed by atoms with E-state index in [2.05, 4.69) is 0 Å². The Morgan fingerprint density at radius 2 is 1.94 bits per heavy atom. The van der Waals surface area contributed by atoms with Crippen molar-refractivity contribution in [3.63, 3.8) is 0 Å². The first kappa shape index (κ1) is 21.5.